The average molecular weight is 421 g/mol. The third-order valence-electron chi connectivity index (χ3n) is 3.94. The van der Waals surface area contributed by atoms with Crippen LogP contribution < -0.4 is 10.6 Å². The molecule has 0 bridgehead atoms. The van der Waals surface area contributed by atoms with Crippen molar-refractivity contribution in [2.45, 2.75) is 39.3 Å². The number of guanidine groups is 1. The van der Waals surface area contributed by atoms with Crippen molar-refractivity contribution in [2.75, 3.05) is 26.2 Å². The molecule has 126 valence electrons. The van der Waals surface area contributed by atoms with Crippen molar-refractivity contribution >= 4 is 29.9 Å². The molecule has 1 aromatic heterocycles. The van der Waals surface area contributed by atoms with Crippen LogP contribution in [0, 0.1) is 0 Å². The van der Waals surface area contributed by atoms with Crippen LogP contribution in [0.1, 0.15) is 32.5 Å². The van der Waals surface area contributed by atoms with Gasteiger partial charge in [-0.1, -0.05) is 6.92 Å². The Labute approximate surface area is 150 Å². The van der Waals surface area contributed by atoms with Gasteiger partial charge in [0.1, 0.15) is 18.7 Å². The molecule has 0 aromatic carbocycles. The predicted octanol–water partition coefficient (Wildman–Crippen LogP) is 0.972. The lowest BCUT2D eigenvalue weighted by atomic mass is 10.2. The molecule has 1 unspecified atom stereocenters. The van der Waals surface area contributed by atoms with Gasteiger partial charge < -0.3 is 10.6 Å². The number of hydrogen-bond donors (Lipinski definition) is 2. The number of nitrogens with zero attached hydrogens (tertiary/aromatic N) is 5. The van der Waals surface area contributed by atoms with Crippen molar-refractivity contribution in [3.05, 3.63) is 12.2 Å². The average Bonchev–Trinajstić information content (AvgIpc) is 3.10. The first-order valence-corrected chi connectivity index (χ1v) is 7.83. The highest BCUT2D eigenvalue weighted by atomic mass is 127. The summed E-state index contributed by atoms with van der Waals surface area (Å²) in [6, 6.07) is 0.619. The molecular weight excluding hydrogens is 393 g/mol. The molecule has 1 aromatic rings. The van der Waals surface area contributed by atoms with Crippen LogP contribution in [0.2, 0.25) is 0 Å². The molecule has 0 aliphatic carbocycles. The normalized spacial score (nSPS) is 19.0. The van der Waals surface area contributed by atoms with E-state index in [0.717, 1.165) is 31.4 Å². The van der Waals surface area contributed by atoms with Crippen molar-refractivity contribution in [1.29, 1.82) is 0 Å². The van der Waals surface area contributed by atoms with Gasteiger partial charge >= 0.3 is 0 Å². The minimum Gasteiger partial charge on any atom is -0.357 e. The van der Waals surface area contributed by atoms with Crippen molar-refractivity contribution in [3.8, 4) is 0 Å². The van der Waals surface area contributed by atoms with Crippen LogP contribution in [0.25, 0.3) is 0 Å². The number of likely N-dealkylation sites (tertiary alicyclic amines) is 1. The third kappa shape index (κ3) is 5.38. The first-order valence-electron chi connectivity index (χ1n) is 7.83. The van der Waals surface area contributed by atoms with Crippen molar-refractivity contribution in [3.63, 3.8) is 0 Å². The Morgan fingerprint density at radius 1 is 1.41 bits per heavy atom. The van der Waals surface area contributed by atoms with Crippen molar-refractivity contribution < 1.29 is 0 Å². The molecule has 0 radical (unpaired) electrons. The Bertz CT molecular complexity index is 460. The molecule has 0 spiro atoms. The summed E-state index contributed by atoms with van der Waals surface area (Å²) in [7, 11) is 1.88. The van der Waals surface area contributed by atoms with Gasteiger partial charge in [0.05, 0.1) is 0 Å². The summed E-state index contributed by atoms with van der Waals surface area (Å²) in [5.41, 5.74) is 0. The van der Waals surface area contributed by atoms with Crippen LogP contribution in [0.4, 0.5) is 0 Å². The van der Waals surface area contributed by atoms with Crippen molar-refractivity contribution in [1.82, 2.24) is 30.3 Å². The summed E-state index contributed by atoms with van der Waals surface area (Å²) in [6.45, 7) is 8.98. The van der Waals surface area contributed by atoms with E-state index in [-0.39, 0.29) is 24.0 Å². The summed E-state index contributed by atoms with van der Waals surface area (Å²) in [4.78, 5) is 11.3. The van der Waals surface area contributed by atoms with E-state index in [2.05, 4.69) is 44.5 Å². The summed E-state index contributed by atoms with van der Waals surface area (Å²) >= 11 is 0. The lowest BCUT2D eigenvalue weighted by Gasteiger charge is -2.23. The second-order valence-electron chi connectivity index (χ2n) is 5.30. The molecule has 22 heavy (non-hydrogen) atoms. The van der Waals surface area contributed by atoms with Gasteiger partial charge in [-0.15, -0.1) is 24.0 Å². The second kappa shape index (κ2) is 9.98. The molecule has 1 aliphatic heterocycles. The first kappa shape index (κ1) is 19.1. The minimum absolute atomic E-state index is 0. The maximum atomic E-state index is 4.58. The lowest BCUT2D eigenvalue weighted by Crippen LogP contribution is -2.44. The summed E-state index contributed by atoms with van der Waals surface area (Å²) in [5.74, 6) is 1.71. The van der Waals surface area contributed by atoms with Crippen LogP contribution >= 0.6 is 24.0 Å². The molecule has 1 atom stereocenters. The fourth-order valence-corrected chi connectivity index (χ4v) is 2.71. The van der Waals surface area contributed by atoms with Crippen LogP contribution in [0.15, 0.2) is 11.3 Å². The number of rotatable bonds is 6. The molecule has 0 saturated carbocycles. The number of aliphatic imine (C=N–C) groups is 1. The fourth-order valence-electron chi connectivity index (χ4n) is 2.71. The maximum absolute atomic E-state index is 4.58. The Morgan fingerprint density at radius 2 is 2.23 bits per heavy atom. The topological polar surface area (TPSA) is 70.4 Å². The van der Waals surface area contributed by atoms with Gasteiger partial charge in [-0.2, -0.15) is 5.10 Å². The number of halogens is 1. The number of aromatic nitrogens is 3. The van der Waals surface area contributed by atoms with Crippen LogP contribution in [0.5, 0.6) is 0 Å². The molecule has 2 rings (SSSR count). The Morgan fingerprint density at radius 3 is 2.86 bits per heavy atom. The van der Waals surface area contributed by atoms with Gasteiger partial charge in [0.15, 0.2) is 5.96 Å². The monoisotopic (exact) mass is 421 g/mol. The molecule has 8 heteroatoms. The van der Waals surface area contributed by atoms with E-state index >= 15 is 0 Å². The van der Waals surface area contributed by atoms with E-state index in [4.69, 9.17) is 0 Å². The third-order valence-corrected chi connectivity index (χ3v) is 3.94. The maximum Gasteiger partial charge on any atom is 0.191 e. The van der Waals surface area contributed by atoms with Gasteiger partial charge in [0.2, 0.25) is 0 Å². The van der Waals surface area contributed by atoms with E-state index in [1.54, 1.807) is 11.0 Å². The summed E-state index contributed by atoms with van der Waals surface area (Å²) in [6.07, 6.45) is 4.12. The molecule has 0 amide bonds. The number of nitrogens with one attached hydrogen (secondary N) is 2. The quantitative estimate of drug-likeness (QED) is 0.407. The Balaban J connectivity index is 0.00000242. The number of hydrogen-bond acceptors (Lipinski definition) is 4. The molecule has 1 saturated heterocycles. The minimum atomic E-state index is 0. The van der Waals surface area contributed by atoms with Gasteiger partial charge in [0, 0.05) is 26.2 Å². The van der Waals surface area contributed by atoms with E-state index < -0.39 is 0 Å². The Hall–Kier alpha value is -0.900. The fraction of sp³-hybridized carbons (Fsp3) is 0.786. The highest BCUT2D eigenvalue weighted by molar-refractivity contribution is 14.0. The van der Waals surface area contributed by atoms with Gasteiger partial charge in [-0.25, -0.2) is 9.98 Å². The lowest BCUT2D eigenvalue weighted by molar-refractivity contribution is 0.267. The number of aryl methyl sites for hydroxylation is 1. The van der Waals surface area contributed by atoms with E-state index in [1.165, 1.54) is 19.4 Å². The van der Waals surface area contributed by atoms with E-state index in [1.807, 2.05) is 7.05 Å². The SMILES string of the molecule is CCNC(=NCc1ncnn1C)NCC1CCCN1CC.I. The molecule has 1 aliphatic rings. The zero-order valence-corrected chi connectivity index (χ0v) is 16.1. The molecular formula is C14H28IN7. The first-order chi connectivity index (χ1) is 10.2. The number of likely N-dealkylation sites (N-methyl/N-ethyl adjacent to an activating group) is 1. The molecule has 7 nitrogen and oxygen atoms in total. The largest absolute Gasteiger partial charge is 0.357 e. The van der Waals surface area contributed by atoms with Gasteiger partial charge in [-0.3, -0.25) is 9.58 Å². The van der Waals surface area contributed by atoms with E-state index in [9.17, 15) is 0 Å². The summed E-state index contributed by atoms with van der Waals surface area (Å²) < 4.78 is 1.75. The Kier molecular flexibility index (Phi) is 8.69. The molecule has 2 N–H and O–H groups in total. The smallest absolute Gasteiger partial charge is 0.191 e. The second-order valence-corrected chi connectivity index (χ2v) is 5.30. The summed E-state index contributed by atoms with van der Waals surface area (Å²) in [5, 5.41) is 10.8. The van der Waals surface area contributed by atoms with Crippen LogP contribution in [-0.2, 0) is 13.6 Å². The predicted molar refractivity (Wildman–Crippen MR) is 99.5 cm³/mol. The van der Waals surface area contributed by atoms with Crippen LogP contribution in [0.3, 0.4) is 0 Å². The zero-order chi connectivity index (χ0) is 15.1. The highest BCUT2D eigenvalue weighted by Crippen LogP contribution is 2.15. The van der Waals surface area contributed by atoms with Gasteiger partial charge in [-0.05, 0) is 32.9 Å². The highest BCUT2D eigenvalue weighted by Gasteiger charge is 2.22. The standard InChI is InChI=1S/C14H27N7.HI/c1-4-15-14(17-10-13-18-11-19-20(13)3)16-9-12-7-6-8-21(12)5-2;/h11-12H,4-10H2,1-3H3,(H2,15,16,17);1H. The molecule has 2 heterocycles. The van der Waals surface area contributed by atoms with E-state index in [0.29, 0.717) is 12.6 Å². The van der Waals surface area contributed by atoms with Crippen LogP contribution in [-0.4, -0.2) is 57.8 Å². The van der Waals surface area contributed by atoms with Gasteiger partial charge in [0.25, 0.3) is 0 Å². The zero-order valence-electron chi connectivity index (χ0n) is 13.7. The molecule has 1 fully saturated rings. The van der Waals surface area contributed by atoms with Crippen molar-refractivity contribution in [2.24, 2.45) is 12.0 Å².